The lowest BCUT2D eigenvalue weighted by molar-refractivity contribution is -0.139. The molecule has 0 saturated carbocycles. The molecule has 0 heterocycles. The van der Waals surface area contributed by atoms with Crippen LogP contribution in [-0.2, 0) is 26.2 Å². The predicted molar refractivity (Wildman–Crippen MR) is 131 cm³/mol. The number of benzene rings is 2. The van der Waals surface area contributed by atoms with Gasteiger partial charge in [-0.15, -0.1) is 0 Å². The van der Waals surface area contributed by atoms with Gasteiger partial charge in [0.05, 0.1) is 11.9 Å². The van der Waals surface area contributed by atoms with Gasteiger partial charge in [0.25, 0.3) is 0 Å². The first-order chi connectivity index (χ1) is 15.5. The molecule has 0 aromatic heterocycles. The summed E-state index contributed by atoms with van der Waals surface area (Å²) >= 11 is 3.37. The van der Waals surface area contributed by atoms with Gasteiger partial charge >= 0.3 is 0 Å². The van der Waals surface area contributed by atoms with Gasteiger partial charge in [-0.05, 0) is 49.2 Å². The molecule has 0 saturated heterocycles. The third-order valence-electron chi connectivity index (χ3n) is 5.04. The Hall–Kier alpha value is -2.46. The number of nitrogens with one attached hydrogen (secondary N) is 1. The summed E-state index contributed by atoms with van der Waals surface area (Å²) in [6.07, 6.45) is 2.67. The number of halogens is 2. The van der Waals surface area contributed by atoms with Crippen molar-refractivity contribution in [2.24, 2.45) is 0 Å². The van der Waals surface area contributed by atoms with Gasteiger partial charge in [-0.25, -0.2) is 12.8 Å². The van der Waals surface area contributed by atoms with Crippen LogP contribution in [0, 0.1) is 5.82 Å². The van der Waals surface area contributed by atoms with Crippen molar-refractivity contribution in [2.45, 2.75) is 39.3 Å². The normalized spacial score (nSPS) is 12.2. The molecule has 0 spiro atoms. The molecule has 180 valence electrons. The van der Waals surface area contributed by atoms with E-state index in [4.69, 9.17) is 0 Å². The van der Waals surface area contributed by atoms with Gasteiger partial charge in [-0.2, -0.15) is 0 Å². The standard InChI is InChI=1S/C23H29BrFN3O4S/c1-4-5-13-26-23(30)17(2)27(15-18-9-11-19(24)12-10-18)22(29)16-28(33(3,31)32)21-8-6-7-20(25)14-21/h6-12,14,17H,4-5,13,15-16H2,1-3H3,(H,26,30). The SMILES string of the molecule is CCCCNC(=O)C(C)N(Cc1ccc(Br)cc1)C(=O)CN(c1cccc(F)c1)S(C)(=O)=O. The summed E-state index contributed by atoms with van der Waals surface area (Å²) < 4.78 is 40.3. The van der Waals surface area contributed by atoms with E-state index in [0.29, 0.717) is 6.54 Å². The molecule has 1 unspecified atom stereocenters. The van der Waals surface area contributed by atoms with E-state index in [-0.39, 0.29) is 18.1 Å². The molecule has 0 radical (unpaired) electrons. The van der Waals surface area contributed by atoms with Gasteiger partial charge in [0.15, 0.2) is 0 Å². The summed E-state index contributed by atoms with van der Waals surface area (Å²) in [6, 6.07) is 11.4. The Morgan fingerprint density at radius 1 is 1.15 bits per heavy atom. The van der Waals surface area contributed by atoms with E-state index in [1.807, 2.05) is 31.2 Å². The zero-order valence-electron chi connectivity index (χ0n) is 18.9. The Labute approximate surface area is 203 Å². The van der Waals surface area contributed by atoms with Crippen molar-refractivity contribution < 1.29 is 22.4 Å². The van der Waals surface area contributed by atoms with Gasteiger partial charge in [0.1, 0.15) is 18.4 Å². The van der Waals surface area contributed by atoms with Crippen molar-refractivity contribution in [3.63, 3.8) is 0 Å². The van der Waals surface area contributed by atoms with Crippen molar-refractivity contribution in [1.29, 1.82) is 0 Å². The average Bonchev–Trinajstić information content (AvgIpc) is 2.75. The molecule has 0 aliphatic heterocycles. The molecule has 1 atom stereocenters. The van der Waals surface area contributed by atoms with Crippen LogP contribution in [0.3, 0.4) is 0 Å². The number of anilines is 1. The molecule has 2 aromatic rings. The molecular weight excluding hydrogens is 513 g/mol. The molecule has 33 heavy (non-hydrogen) atoms. The van der Waals surface area contributed by atoms with Crippen LogP contribution in [0.2, 0.25) is 0 Å². The van der Waals surface area contributed by atoms with Crippen LogP contribution in [0.15, 0.2) is 53.0 Å². The molecule has 0 fully saturated rings. The molecule has 7 nitrogen and oxygen atoms in total. The van der Waals surface area contributed by atoms with Crippen molar-refractivity contribution >= 4 is 43.5 Å². The van der Waals surface area contributed by atoms with E-state index in [9.17, 15) is 22.4 Å². The topological polar surface area (TPSA) is 86.8 Å². The third kappa shape index (κ3) is 8.12. The van der Waals surface area contributed by atoms with Crippen LogP contribution < -0.4 is 9.62 Å². The lowest BCUT2D eigenvalue weighted by Crippen LogP contribution is -2.51. The Morgan fingerprint density at radius 2 is 1.82 bits per heavy atom. The maximum absolute atomic E-state index is 13.7. The third-order valence-corrected chi connectivity index (χ3v) is 6.71. The van der Waals surface area contributed by atoms with E-state index in [2.05, 4.69) is 21.2 Å². The fourth-order valence-electron chi connectivity index (χ4n) is 3.15. The van der Waals surface area contributed by atoms with Gasteiger partial charge < -0.3 is 10.2 Å². The maximum atomic E-state index is 13.7. The number of hydrogen-bond donors (Lipinski definition) is 1. The highest BCUT2D eigenvalue weighted by Gasteiger charge is 2.30. The van der Waals surface area contributed by atoms with E-state index in [1.54, 1.807) is 6.92 Å². The Morgan fingerprint density at radius 3 is 2.39 bits per heavy atom. The van der Waals surface area contributed by atoms with E-state index < -0.39 is 34.3 Å². The highest BCUT2D eigenvalue weighted by atomic mass is 79.9. The van der Waals surface area contributed by atoms with Gasteiger partial charge in [-0.1, -0.05) is 47.5 Å². The summed E-state index contributed by atoms with van der Waals surface area (Å²) in [4.78, 5) is 27.4. The monoisotopic (exact) mass is 541 g/mol. The Balaban J connectivity index is 2.33. The van der Waals surface area contributed by atoms with Crippen LogP contribution in [-0.4, -0.2) is 50.5 Å². The van der Waals surface area contributed by atoms with Crippen LogP contribution in [0.4, 0.5) is 10.1 Å². The maximum Gasteiger partial charge on any atom is 0.244 e. The first kappa shape index (κ1) is 26.8. The second kappa shape index (κ2) is 12.1. The minimum atomic E-state index is -3.89. The first-order valence-electron chi connectivity index (χ1n) is 10.6. The number of carbonyl (C=O) groups excluding carboxylic acids is 2. The molecule has 0 aliphatic carbocycles. The van der Waals surface area contributed by atoms with Crippen molar-refractivity contribution in [2.75, 3.05) is 23.7 Å². The van der Waals surface area contributed by atoms with Crippen LogP contribution in [0.25, 0.3) is 0 Å². The van der Waals surface area contributed by atoms with Crippen LogP contribution in [0.1, 0.15) is 32.3 Å². The number of hydrogen-bond acceptors (Lipinski definition) is 4. The number of amides is 2. The van der Waals surface area contributed by atoms with Crippen molar-refractivity contribution in [3.8, 4) is 0 Å². The first-order valence-corrected chi connectivity index (χ1v) is 13.2. The average molecular weight is 542 g/mol. The van der Waals surface area contributed by atoms with Crippen LogP contribution >= 0.6 is 15.9 Å². The lowest BCUT2D eigenvalue weighted by atomic mass is 10.1. The molecule has 2 aromatic carbocycles. The number of sulfonamides is 1. The van der Waals surface area contributed by atoms with Gasteiger partial charge in [0.2, 0.25) is 21.8 Å². The largest absolute Gasteiger partial charge is 0.354 e. The quantitative estimate of drug-likeness (QED) is 0.439. The Bertz CT molecular complexity index is 1060. The van der Waals surface area contributed by atoms with Crippen molar-refractivity contribution in [3.05, 3.63) is 64.4 Å². The fraction of sp³-hybridized carbons (Fsp3) is 0.391. The van der Waals surface area contributed by atoms with E-state index in [1.165, 1.54) is 23.1 Å². The highest BCUT2D eigenvalue weighted by Crippen LogP contribution is 2.20. The molecule has 1 N–H and O–H groups in total. The number of carbonyl (C=O) groups is 2. The molecule has 2 amide bonds. The summed E-state index contributed by atoms with van der Waals surface area (Å²) in [5.74, 6) is -1.53. The number of nitrogens with zero attached hydrogens (tertiary/aromatic N) is 2. The number of unbranched alkanes of at least 4 members (excludes halogenated alkanes) is 1. The van der Waals surface area contributed by atoms with Crippen molar-refractivity contribution in [1.82, 2.24) is 10.2 Å². The second-order valence-corrected chi connectivity index (χ2v) is 10.5. The second-order valence-electron chi connectivity index (χ2n) is 7.72. The lowest BCUT2D eigenvalue weighted by Gasteiger charge is -2.31. The molecule has 0 aliphatic rings. The zero-order chi connectivity index (χ0) is 24.6. The molecule has 2 rings (SSSR count). The molecule has 0 bridgehead atoms. The van der Waals surface area contributed by atoms with Gasteiger partial charge in [0, 0.05) is 17.6 Å². The minimum Gasteiger partial charge on any atom is -0.354 e. The molecular formula is C23H29BrFN3O4S. The highest BCUT2D eigenvalue weighted by molar-refractivity contribution is 9.10. The van der Waals surface area contributed by atoms with E-state index in [0.717, 1.165) is 39.5 Å². The van der Waals surface area contributed by atoms with Crippen LogP contribution in [0.5, 0.6) is 0 Å². The zero-order valence-corrected chi connectivity index (χ0v) is 21.3. The molecule has 10 heteroatoms. The summed E-state index contributed by atoms with van der Waals surface area (Å²) in [5, 5.41) is 2.81. The summed E-state index contributed by atoms with van der Waals surface area (Å²) in [5.41, 5.74) is 0.811. The summed E-state index contributed by atoms with van der Waals surface area (Å²) in [7, 11) is -3.89. The Kier molecular flexibility index (Phi) is 9.85. The van der Waals surface area contributed by atoms with Gasteiger partial charge in [-0.3, -0.25) is 13.9 Å². The number of rotatable bonds is 11. The van der Waals surface area contributed by atoms with E-state index >= 15 is 0 Å². The summed E-state index contributed by atoms with van der Waals surface area (Å²) in [6.45, 7) is 3.63. The predicted octanol–water partition coefficient (Wildman–Crippen LogP) is 3.69. The fourth-order valence-corrected chi connectivity index (χ4v) is 4.26. The smallest absolute Gasteiger partial charge is 0.244 e. The minimum absolute atomic E-state index is 0.0366.